The van der Waals surface area contributed by atoms with Crippen LogP contribution < -0.4 is 0 Å². The van der Waals surface area contributed by atoms with E-state index in [9.17, 15) is 4.79 Å². The fourth-order valence-electron chi connectivity index (χ4n) is 0.464. The highest BCUT2D eigenvalue weighted by Crippen LogP contribution is 2.39. The number of rotatable bonds is 3. The molecule has 1 N–H and O–H groups in total. The molecule has 0 saturated carbocycles. The molecule has 0 aromatic heterocycles. The first-order valence-corrected chi connectivity index (χ1v) is 6.12. The van der Waals surface area contributed by atoms with Crippen molar-refractivity contribution in [3.63, 3.8) is 0 Å². The number of nitrogens with zero attached hydrogens (tertiary/aromatic N) is 1. The van der Waals surface area contributed by atoms with Crippen molar-refractivity contribution < 1.29 is 14.2 Å². The molecule has 1 atom stereocenters. The Bertz CT molecular complexity index is 132. The molecule has 0 bridgehead atoms. The Morgan fingerprint density at radius 3 is 2.10 bits per heavy atom. The molecule has 0 aromatic rings. The summed E-state index contributed by atoms with van der Waals surface area (Å²) >= 11 is 2.85. The summed E-state index contributed by atoms with van der Waals surface area (Å²) in [5.41, 5.74) is -0.123. The number of likely N-dealkylation sites (N-methyl/N-ethyl adjacent to an activating group) is 1. The maximum absolute atomic E-state index is 10.9. The van der Waals surface area contributed by atoms with E-state index in [1.807, 2.05) is 21.1 Å². The first-order chi connectivity index (χ1) is 4.33. The summed E-state index contributed by atoms with van der Waals surface area (Å²) < 4.78 is 0.559. The fourth-order valence-corrected chi connectivity index (χ4v) is 1.34. The van der Waals surface area contributed by atoms with E-state index in [2.05, 4.69) is 15.5 Å². The van der Waals surface area contributed by atoms with Crippen molar-refractivity contribution in [3.8, 4) is 0 Å². The van der Waals surface area contributed by atoms with Gasteiger partial charge in [-0.1, -0.05) is 0 Å². The van der Waals surface area contributed by atoms with Gasteiger partial charge in [0.05, 0.1) is 21.1 Å². The van der Waals surface area contributed by atoms with Crippen molar-refractivity contribution >= 4 is 27.9 Å². The molecular formula is C5H12BrNO2P+. The monoisotopic (exact) mass is 228 g/mol. The van der Waals surface area contributed by atoms with Gasteiger partial charge in [0.25, 0.3) is 0 Å². The quantitative estimate of drug-likeness (QED) is 0.577. The average Bonchev–Trinajstić information content (AvgIpc) is 1.60. The molecular weight excluding hydrogens is 217 g/mol. The Balaban J connectivity index is 3.81. The number of carbonyl (C=O) groups is 1. The third-order valence-electron chi connectivity index (χ3n) is 0.815. The number of halogens is 1. The second-order valence-electron chi connectivity index (χ2n) is 3.10. The van der Waals surface area contributed by atoms with Gasteiger partial charge in [0.15, 0.2) is 6.85 Å². The van der Waals surface area contributed by atoms with Gasteiger partial charge in [-0.25, -0.2) is 0 Å². The van der Waals surface area contributed by atoms with Gasteiger partial charge in [-0.15, -0.1) is 0 Å². The Hall–Kier alpha value is 0.500. The molecule has 0 aromatic carbocycles. The lowest BCUT2D eigenvalue weighted by atomic mass is 10.5. The number of hydrogen-bond acceptors (Lipinski definition) is 2. The minimum Gasteiger partial charge on any atom is -0.357 e. The Kier molecular flexibility index (Phi) is 3.95. The first-order valence-electron chi connectivity index (χ1n) is 2.81. The van der Waals surface area contributed by atoms with Crippen LogP contribution in [0.2, 0.25) is 0 Å². The van der Waals surface area contributed by atoms with Gasteiger partial charge in [-0.2, -0.15) is 0 Å². The molecule has 0 rings (SSSR count). The van der Waals surface area contributed by atoms with Crippen LogP contribution in [0.25, 0.3) is 0 Å². The Morgan fingerprint density at radius 2 is 2.00 bits per heavy atom. The summed E-state index contributed by atoms with van der Waals surface area (Å²) in [6.45, 7) is -1.20. The van der Waals surface area contributed by atoms with Gasteiger partial charge < -0.3 is 9.38 Å². The molecule has 0 radical (unpaired) electrons. The van der Waals surface area contributed by atoms with Crippen LogP contribution in [0.4, 0.5) is 0 Å². The van der Waals surface area contributed by atoms with Crippen molar-refractivity contribution in [3.05, 3.63) is 0 Å². The van der Waals surface area contributed by atoms with E-state index < -0.39 is 6.85 Å². The molecule has 0 heterocycles. The molecule has 3 nitrogen and oxygen atoms in total. The highest BCUT2D eigenvalue weighted by molar-refractivity contribution is 9.40. The van der Waals surface area contributed by atoms with E-state index in [0.29, 0.717) is 11.0 Å². The van der Waals surface area contributed by atoms with Crippen LogP contribution in [0.1, 0.15) is 0 Å². The third kappa shape index (κ3) is 5.30. The van der Waals surface area contributed by atoms with Crippen molar-refractivity contribution in [1.82, 2.24) is 0 Å². The summed E-state index contributed by atoms with van der Waals surface area (Å²) in [6.07, 6.45) is 0. The van der Waals surface area contributed by atoms with E-state index in [1.54, 1.807) is 0 Å². The summed E-state index contributed by atoms with van der Waals surface area (Å²) in [6, 6.07) is 0. The Morgan fingerprint density at radius 1 is 1.60 bits per heavy atom. The normalized spacial score (nSPS) is 14.9. The largest absolute Gasteiger partial charge is 0.357 e. The molecule has 5 heteroatoms. The van der Waals surface area contributed by atoms with Crippen LogP contribution in [0.3, 0.4) is 0 Å². The zero-order valence-electron chi connectivity index (χ0n) is 6.33. The first kappa shape index (κ1) is 10.5. The van der Waals surface area contributed by atoms with Crippen LogP contribution >= 0.6 is 22.3 Å². The predicted octanol–water partition coefficient (Wildman–Crippen LogP) is 0.918. The minimum absolute atomic E-state index is 0.123. The minimum atomic E-state index is -1.57. The predicted molar refractivity (Wildman–Crippen MR) is 46.0 cm³/mol. The number of hydrogen-bond donors (Lipinski definition) is 1. The molecule has 0 amide bonds. The lowest BCUT2D eigenvalue weighted by Crippen LogP contribution is -2.38. The summed E-state index contributed by atoms with van der Waals surface area (Å²) in [5.74, 6) is 0. The van der Waals surface area contributed by atoms with E-state index in [0.717, 1.165) is 0 Å². The van der Waals surface area contributed by atoms with Gasteiger partial charge in [0, 0.05) is 0 Å². The van der Waals surface area contributed by atoms with Gasteiger partial charge >= 0.3 is 0 Å². The maximum atomic E-state index is 10.9. The van der Waals surface area contributed by atoms with Crippen molar-refractivity contribution in [1.29, 1.82) is 0 Å². The molecule has 0 aliphatic rings. The molecule has 0 aliphatic heterocycles. The van der Waals surface area contributed by atoms with Crippen molar-refractivity contribution in [2.24, 2.45) is 0 Å². The van der Waals surface area contributed by atoms with Gasteiger partial charge in [0.2, 0.25) is 5.52 Å². The van der Waals surface area contributed by atoms with Crippen LogP contribution in [-0.2, 0) is 4.79 Å². The topological polar surface area (TPSA) is 37.3 Å². The van der Waals surface area contributed by atoms with Crippen LogP contribution in [0, 0.1) is 0 Å². The summed E-state index contributed by atoms with van der Waals surface area (Å²) in [5, 5.41) is 0. The lowest BCUT2D eigenvalue weighted by molar-refractivity contribution is -0.861. The van der Waals surface area contributed by atoms with Crippen LogP contribution in [0.15, 0.2) is 0 Å². The SMILES string of the molecule is C[N+](C)(C)CC(=O)P(O)Br. The second-order valence-corrected chi connectivity index (χ2v) is 6.14. The van der Waals surface area contributed by atoms with Crippen LogP contribution in [0.5, 0.6) is 0 Å². The molecule has 1 unspecified atom stereocenters. The zero-order valence-corrected chi connectivity index (χ0v) is 8.82. The van der Waals surface area contributed by atoms with Crippen molar-refractivity contribution in [2.45, 2.75) is 0 Å². The van der Waals surface area contributed by atoms with Gasteiger partial charge in [0.1, 0.15) is 6.54 Å². The van der Waals surface area contributed by atoms with E-state index in [4.69, 9.17) is 4.89 Å². The molecule has 10 heavy (non-hydrogen) atoms. The number of quaternary nitrogens is 1. The molecule has 60 valence electrons. The van der Waals surface area contributed by atoms with Gasteiger partial charge in [-0.3, -0.25) is 4.79 Å². The average molecular weight is 229 g/mol. The third-order valence-corrected chi connectivity index (χ3v) is 2.56. The lowest BCUT2D eigenvalue weighted by Gasteiger charge is -2.22. The standard InChI is InChI=1S/C5H12BrNO2P/c1-7(2,3)4-5(8)10(6)9/h9H,4H2,1-3H3/q+1. The van der Waals surface area contributed by atoms with E-state index in [-0.39, 0.29) is 5.52 Å². The number of carbonyl (C=O) groups excluding carboxylic acids is 1. The van der Waals surface area contributed by atoms with Crippen molar-refractivity contribution in [2.75, 3.05) is 27.7 Å². The fraction of sp³-hybridized carbons (Fsp3) is 0.800. The molecule has 0 spiro atoms. The Labute approximate surface area is 70.2 Å². The molecule has 0 saturated heterocycles. The zero-order chi connectivity index (χ0) is 8.36. The molecule has 0 aliphatic carbocycles. The van der Waals surface area contributed by atoms with Crippen LogP contribution in [-0.4, -0.2) is 42.6 Å². The smallest absolute Gasteiger partial charge is 0.246 e. The van der Waals surface area contributed by atoms with Gasteiger partial charge in [-0.05, 0) is 15.5 Å². The summed E-state index contributed by atoms with van der Waals surface area (Å²) in [7, 11) is 5.72. The second kappa shape index (κ2) is 3.77. The highest BCUT2D eigenvalue weighted by atomic mass is 79.9. The van der Waals surface area contributed by atoms with E-state index >= 15 is 0 Å². The summed E-state index contributed by atoms with van der Waals surface area (Å²) in [4.78, 5) is 19.7. The maximum Gasteiger partial charge on any atom is 0.246 e. The highest BCUT2D eigenvalue weighted by Gasteiger charge is 2.19. The molecule has 0 fully saturated rings. The van der Waals surface area contributed by atoms with E-state index in [1.165, 1.54) is 0 Å².